The van der Waals surface area contributed by atoms with E-state index < -0.39 is 0 Å². The normalized spacial score (nSPS) is 40.1. The van der Waals surface area contributed by atoms with Crippen molar-refractivity contribution in [3.8, 4) is 0 Å². The number of rotatable bonds is 4. The van der Waals surface area contributed by atoms with Gasteiger partial charge in [0, 0.05) is 10.8 Å². The summed E-state index contributed by atoms with van der Waals surface area (Å²) in [5.74, 6) is 3.65. The molecule has 3 fully saturated rings. The lowest BCUT2D eigenvalue weighted by atomic mass is 9.31. The predicted molar refractivity (Wildman–Crippen MR) is 170 cm³/mol. The fourth-order valence-corrected chi connectivity index (χ4v) is 12.3. The molecular formula is C40H56. The molecule has 0 amide bonds. The van der Waals surface area contributed by atoms with Crippen molar-refractivity contribution in [1.29, 1.82) is 0 Å². The number of hydrogen-bond donors (Lipinski definition) is 0. The SMILES string of the molecule is CC1=C2CC(CC1C1(C3(c4cc(C)ccc4C(C)C)CC4CC(=C3C)C4(C)C)CC3CC(=C1C)C3(C)C)C2(C)C. The molecule has 6 atom stereocenters. The molecule has 0 radical (unpaired) electrons. The maximum absolute atomic E-state index is 2.68. The zero-order chi connectivity index (χ0) is 28.9. The van der Waals surface area contributed by atoms with Crippen molar-refractivity contribution in [2.45, 2.75) is 133 Å². The van der Waals surface area contributed by atoms with Crippen LogP contribution in [0.1, 0.15) is 137 Å². The first-order valence-corrected chi connectivity index (χ1v) is 16.8. The molecule has 6 unspecified atom stereocenters. The molecule has 0 aliphatic heterocycles. The largest absolute Gasteiger partial charge is 0.0695 e. The first-order valence-electron chi connectivity index (χ1n) is 16.8. The topological polar surface area (TPSA) is 0 Å². The Kier molecular flexibility index (Phi) is 5.37. The van der Waals surface area contributed by atoms with Crippen molar-refractivity contribution < 1.29 is 0 Å². The van der Waals surface area contributed by atoms with E-state index in [1.54, 1.807) is 22.3 Å². The summed E-state index contributed by atoms with van der Waals surface area (Å²) in [6, 6.07) is 7.60. The van der Waals surface area contributed by atoms with Gasteiger partial charge in [0.25, 0.3) is 0 Å². The minimum absolute atomic E-state index is 0.0945. The molecule has 9 aliphatic carbocycles. The maximum Gasteiger partial charge on any atom is 0.0267 e. The summed E-state index contributed by atoms with van der Waals surface area (Å²) in [5.41, 5.74) is 17.0. The van der Waals surface area contributed by atoms with Gasteiger partial charge < -0.3 is 0 Å². The Morgan fingerprint density at radius 3 is 1.73 bits per heavy atom. The molecule has 9 aliphatic rings. The first kappa shape index (κ1) is 27.3. The quantitative estimate of drug-likeness (QED) is 0.336. The average molecular weight is 537 g/mol. The monoisotopic (exact) mass is 536 g/mol. The Morgan fingerprint density at radius 2 is 1.23 bits per heavy atom. The number of hydrogen-bond acceptors (Lipinski definition) is 0. The number of allylic oxidation sites excluding steroid dienone is 6. The highest BCUT2D eigenvalue weighted by molar-refractivity contribution is 5.59. The summed E-state index contributed by atoms with van der Waals surface area (Å²) in [6.45, 7) is 30.5. The van der Waals surface area contributed by atoms with Gasteiger partial charge >= 0.3 is 0 Å². The molecule has 40 heavy (non-hydrogen) atoms. The summed E-state index contributed by atoms with van der Waals surface area (Å²) >= 11 is 0. The molecule has 1 aromatic carbocycles. The van der Waals surface area contributed by atoms with E-state index in [0.29, 0.717) is 28.1 Å². The molecule has 0 nitrogen and oxygen atoms in total. The summed E-state index contributed by atoms with van der Waals surface area (Å²) in [5, 5.41) is 0. The van der Waals surface area contributed by atoms with Crippen LogP contribution < -0.4 is 0 Å². The van der Waals surface area contributed by atoms with Gasteiger partial charge in [-0.05, 0) is 123 Å². The highest BCUT2D eigenvalue weighted by atomic mass is 14.7. The van der Waals surface area contributed by atoms with Crippen molar-refractivity contribution in [2.24, 2.45) is 45.3 Å². The second-order valence-electron chi connectivity index (χ2n) is 17.6. The second-order valence-corrected chi connectivity index (χ2v) is 17.6. The molecular weight excluding hydrogens is 480 g/mol. The van der Waals surface area contributed by atoms with E-state index in [-0.39, 0.29) is 10.8 Å². The maximum atomic E-state index is 2.68. The zero-order valence-electron chi connectivity index (χ0n) is 27.9. The minimum Gasteiger partial charge on any atom is -0.0695 e. The van der Waals surface area contributed by atoms with Crippen LogP contribution in [0.15, 0.2) is 51.6 Å². The van der Waals surface area contributed by atoms with E-state index >= 15 is 0 Å². The number of fused-ring (bicyclic) bond motifs is 8. The highest BCUT2D eigenvalue weighted by Crippen LogP contribution is 2.79. The smallest absolute Gasteiger partial charge is 0.0267 e. The third-order valence-electron chi connectivity index (χ3n) is 15.2. The molecule has 0 heterocycles. The van der Waals surface area contributed by atoms with Crippen LogP contribution in [-0.2, 0) is 5.41 Å². The van der Waals surface area contributed by atoms with E-state index in [0.717, 1.165) is 17.8 Å². The number of aryl methyl sites for hydroxylation is 1. The van der Waals surface area contributed by atoms with Gasteiger partial charge in [0.05, 0.1) is 0 Å². The van der Waals surface area contributed by atoms with Crippen LogP contribution in [0.2, 0.25) is 0 Å². The fraction of sp³-hybridized carbons (Fsp3) is 0.700. The van der Waals surface area contributed by atoms with E-state index in [4.69, 9.17) is 0 Å². The molecule has 0 saturated heterocycles. The summed E-state index contributed by atoms with van der Waals surface area (Å²) in [4.78, 5) is 0. The van der Waals surface area contributed by atoms with Crippen molar-refractivity contribution in [1.82, 2.24) is 0 Å². The number of benzene rings is 1. The van der Waals surface area contributed by atoms with E-state index in [2.05, 4.69) is 101 Å². The van der Waals surface area contributed by atoms with Gasteiger partial charge in [-0.3, -0.25) is 0 Å². The van der Waals surface area contributed by atoms with Crippen LogP contribution in [0, 0.1) is 52.3 Å². The molecule has 216 valence electrons. The lowest BCUT2D eigenvalue weighted by molar-refractivity contribution is -0.0596. The second kappa shape index (κ2) is 7.88. The molecule has 0 spiro atoms. The molecule has 6 bridgehead atoms. The van der Waals surface area contributed by atoms with Gasteiger partial charge in [0.15, 0.2) is 0 Å². The van der Waals surface area contributed by atoms with Crippen LogP contribution in [-0.4, -0.2) is 0 Å². The Balaban J connectivity index is 1.61. The Labute approximate surface area is 246 Å². The molecule has 0 heteroatoms. The lowest BCUT2D eigenvalue weighted by Gasteiger charge is -2.73. The predicted octanol–water partition coefficient (Wildman–Crippen LogP) is 11.3. The van der Waals surface area contributed by atoms with Crippen LogP contribution in [0.3, 0.4) is 0 Å². The molecule has 10 rings (SSSR count). The van der Waals surface area contributed by atoms with Gasteiger partial charge in [-0.15, -0.1) is 0 Å². The van der Waals surface area contributed by atoms with Gasteiger partial charge in [-0.2, -0.15) is 0 Å². The van der Waals surface area contributed by atoms with Crippen molar-refractivity contribution in [2.75, 3.05) is 0 Å². The third kappa shape index (κ3) is 2.86. The summed E-state index contributed by atoms with van der Waals surface area (Å²) in [6.07, 6.45) is 8.15. The average Bonchev–Trinajstić information content (AvgIpc) is 2.88. The molecule has 0 N–H and O–H groups in total. The van der Waals surface area contributed by atoms with Crippen LogP contribution >= 0.6 is 0 Å². The van der Waals surface area contributed by atoms with Crippen molar-refractivity contribution in [3.63, 3.8) is 0 Å². The minimum atomic E-state index is 0.0945. The Hall–Kier alpha value is -1.56. The zero-order valence-corrected chi connectivity index (χ0v) is 27.9. The summed E-state index contributed by atoms with van der Waals surface area (Å²) in [7, 11) is 0. The van der Waals surface area contributed by atoms with E-state index in [9.17, 15) is 0 Å². The molecule has 3 saturated carbocycles. The lowest BCUT2D eigenvalue weighted by Crippen LogP contribution is -2.66. The van der Waals surface area contributed by atoms with Gasteiger partial charge in [-0.1, -0.05) is 113 Å². The van der Waals surface area contributed by atoms with Crippen molar-refractivity contribution in [3.05, 3.63) is 68.3 Å². The van der Waals surface area contributed by atoms with E-state index in [1.807, 2.05) is 22.3 Å². The standard InChI is InChI=1S/C40H56/c1-22(2)30-14-13-23(3)15-35(30)40(21-29-19-34(26(40)6)38(29,11)12)39(20-28-18-33(25(39)5)37(28,9)10)32-17-27-16-31(24(32)4)36(27,7)8/h13-15,22,27-29,32H,16-21H2,1-12H3. The third-order valence-corrected chi connectivity index (χ3v) is 15.2. The molecule has 1 aromatic rings. The van der Waals surface area contributed by atoms with Crippen molar-refractivity contribution >= 4 is 0 Å². The Morgan fingerprint density at radius 1 is 0.675 bits per heavy atom. The first-order chi connectivity index (χ1) is 18.5. The van der Waals surface area contributed by atoms with Gasteiger partial charge in [0.1, 0.15) is 0 Å². The highest BCUT2D eigenvalue weighted by Gasteiger charge is 2.71. The van der Waals surface area contributed by atoms with E-state index in [1.165, 1.54) is 44.1 Å². The summed E-state index contributed by atoms with van der Waals surface area (Å²) < 4.78 is 0. The van der Waals surface area contributed by atoms with Crippen LogP contribution in [0.5, 0.6) is 0 Å². The van der Waals surface area contributed by atoms with Gasteiger partial charge in [0.2, 0.25) is 0 Å². The molecule has 0 aromatic heterocycles. The van der Waals surface area contributed by atoms with Crippen LogP contribution in [0.4, 0.5) is 0 Å². The van der Waals surface area contributed by atoms with Crippen LogP contribution in [0.25, 0.3) is 0 Å². The van der Waals surface area contributed by atoms with Gasteiger partial charge in [-0.25, -0.2) is 0 Å². The fourth-order valence-electron chi connectivity index (χ4n) is 12.3. The Bertz CT molecular complexity index is 1420.